The van der Waals surface area contributed by atoms with Crippen molar-refractivity contribution in [2.45, 2.75) is 33.6 Å². The van der Waals surface area contributed by atoms with E-state index in [0.717, 1.165) is 31.5 Å². The van der Waals surface area contributed by atoms with Crippen LogP contribution in [0.25, 0.3) is 0 Å². The minimum Gasteiger partial charge on any atom is -0.339 e. The summed E-state index contributed by atoms with van der Waals surface area (Å²) < 4.78 is 13.8. The van der Waals surface area contributed by atoms with Crippen LogP contribution in [0.4, 0.5) is 4.39 Å². The Morgan fingerprint density at radius 3 is 2.47 bits per heavy atom. The van der Waals surface area contributed by atoms with Crippen molar-refractivity contribution < 1.29 is 9.18 Å². The Labute approximate surface area is 114 Å². The normalized spacial score (nSPS) is 17.0. The lowest BCUT2D eigenvalue weighted by molar-refractivity contribution is 0.0663. The molecule has 2 nitrogen and oxygen atoms in total. The molecule has 1 aromatic carbocycles. The minimum atomic E-state index is -0.406. The molecule has 0 aliphatic carbocycles. The Morgan fingerprint density at radius 2 is 1.95 bits per heavy atom. The van der Waals surface area contributed by atoms with Gasteiger partial charge in [-0.25, -0.2) is 4.39 Å². The standard InChI is InChI=1S/C16H22FNO/c1-11(2)13-6-8-18(9-7-13)16(19)14-5-4-12(3)10-15(14)17/h4-5,10-11,13H,6-9H2,1-3H3. The number of amides is 1. The molecule has 0 bridgehead atoms. The summed E-state index contributed by atoms with van der Waals surface area (Å²) >= 11 is 0. The topological polar surface area (TPSA) is 20.3 Å². The fraction of sp³-hybridized carbons (Fsp3) is 0.562. The molecule has 104 valence electrons. The van der Waals surface area contributed by atoms with Crippen molar-refractivity contribution in [1.82, 2.24) is 4.90 Å². The maximum absolute atomic E-state index is 13.8. The number of carbonyl (C=O) groups excluding carboxylic acids is 1. The second kappa shape index (κ2) is 5.72. The molecular formula is C16H22FNO. The van der Waals surface area contributed by atoms with Crippen LogP contribution in [0.2, 0.25) is 0 Å². The summed E-state index contributed by atoms with van der Waals surface area (Å²) in [4.78, 5) is 14.1. The molecule has 0 aromatic heterocycles. The van der Waals surface area contributed by atoms with Gasteiger partial charge in [0.15, 0.2) is 0 Å². The lowest BCUT2D eigenvalue weighted by Gasteiger charge is -2.34. The van der Waals surface area contributed by atoms with E-state index in [4.69, 9.17) is 0 Å². The Balaban J connectivity index is 2.05. The first-order valence-electron chi connectivity index (χ1n) is 7.04. The third-order valence-corrected chi connectivity index (χ3v) is 4.12. The molecule has 1 heterocycles. The van der Waals surface area contributed by atoms with Crippen molar-refractivity contribution in [1.29, 1.82) is 0 Å². The number of carbonyl (C=O) groups is 1. The van der Waals surface area contributed by atoms with Crippen LogP contribution in [0.15, 0.2) is 18.2 Å². The highest BCUT2D eigenvalue weighted by Crippen LogP contribution is 2.25. The highest BCUT2D eigenvalue weighted by atomic mass is 19.1. The molecule has 1 aliphatic heterocycles. The van der Waals surface area contributed by atoms with E-state index in [-0.39, 0.29) is 11.5 Å². The third-order valence-electron chi connectivity index (χ3n) is 4.12. The minimum absolute atomic E-state index is 0.167. The van der Waals surface area contributed by atoms with Crippen LogP contribution in [-0.4, -0.2) is 23.9 Å². The van der Waals surface area contributed by atoms with Crippen molar-refractivity contribution in [3.05, 3.63) is 35.1 Å². The molecule has 1 aliphatic rings. The molecule has 1 saturated heterocycles. The Morgan fingerprint density at radius 1 is 1.32 bits per heavy atom. The van der Waals surface area contributed by atoms with Crippen molar-refractivity contribution >= 4 is 5.91 Å². The summed E-state index contributed by atoms with van der Waals surface area (Å²) in [7, 11) is 0. The first-order valence-corrected chi connectivity index (χ1v) is 7.04. The number of aryl methyl sites for hydroxylation is 1. The number of piperidine rings is 1. The van der Waals surface area contributed by atoms with Crippen molar-refractivity contribution in [2.75, 3.05) is 13.1 Å². The molecule has 0 saturated carbocycles. The van der Waals surface area contributed by atoms with Crippen LogP contribution in [0.3, 0.4) is 0 Å². The number of hydrogen-bond donors (Lipinski definition) is 0. The number of halogens is 1. The highest BCUT2D eigenvalue weighted by Gasteiger charge is 2.26. The fourth-order valence-electron chi connectivity index (χ4n) is 2.73. The quantitative estimate of drug-likeness (QED) is 0.797. The second-order valence-electron chi connectivity index (χ2n) is 5.86. The van der Waals surface area contributed by atoms with Gasteiger partial charge in [-0.3, -0.25) is 4.79 Å². The second-order valence-corrected chi connectivity index (χ2v) is 5.86. The van der Waals surface area contributed by atoms with Crippen molar-refractivity contribution in [3.8, 4) is 0 Å². The van der Waals surface area contributed by atoms with Crippen LogP contribution in [0, 0.1) is 24.6 Å². The molecule has 1 amide bonds. The van der Waals surface area contributed by atoms with E-state index in [0.29, 0.717) is 11.8 Å². The summed E-state index contributed by atoms with van der Waals surface area (Å²) in [5.41, 5.74) is 1.04. The lowest BCUT2D eigenvalue weighted by atomic mass is 9.86. The molecule has 3 heteroatoms. The summed E-state index contributed by atoms with van der Waals surface area (Å²) in [5, 5.41) is 0. The average molecular weight is 263 g/mol. The number of rotatable bonds is 2. The van der Waals surface area contributed by atoms with Gasteiger partial charge in [0.2, 0.25) is 0 Å². The molecule has 0 N–H and O–H groups in total. The average Bonchev–Trinajstić information content (AvgIpc) is 2.38. The third kappa shape index (κ3) is 3.14. The van der Waals surface area contributed by atoms with Gasteiger partial charge in [-0.1, -0.05) is 19.9 Å². The predicted molar refractivity (Wildman–Crippen MR) is 74.6 cm³/mol. The molecule has 0 radical (unpaired) electrons. The van der Waals surface area contributed by atoms with E-state index >= 15 is 0 Å². The molecule has 1 fully saturated rings. The Kier molecular flexibility index (Phi) is 4.23. The van der Waals surface area contributed by atoms with Gasteiger partial charge in [-0.05, 0) is 49.3 Å². The van der Waals surface area contributed by atoms with E-state index < -0.39 is 5.82 Å². The summed E-state index contributed by atoms with van der Waals surface area (Å²) in [6.07, 6.45) is 2.05. The van der Waals surface area contributed by atoms with E-state index in [1.54, 1.807) is 17.0 Å². The fourth-order valence-corrected chi connectivity index (χ4v) is 2.73. The van der Waals surface area contributed by atoms with Gasteiger partial charge in [0.25, 0.3) is 5.91 Å². The van der Waals surface area contributed by atoms with Crippen LogP contribution >= 0.6 is 0 Å². The van der Waals surface area contributed by atoms with Gasteiger partial charge in [0.05, 0.1) is 5.56 Å². The van der Waals surface area contributed by atoms with E-state index in [1.807, 2.05) is 6.92 Å². The van der Waals surface area contributed by atoms with Crippen LogP contribution in [0.5, 0.6) is 0 Å². The number of nitrogens with zero attached hydrogens (tertiary/aromatic N) is 1. The SMILES string of the molecule is Cc1ccc(C(=O)N2CCC(C(C)C)CC2)c(F)c1. The maximum Gasteiger partial charge on any atom is 0.256 e. The molecule has 0 spiro atoms. The van der Waals surface area contributed by atoms with Gasteiger partial charge < -0.3 is 4.90 Å². The van der Waals surface area contributed by atoms with Gasteiger partial charge in [0, 0.05) is 13.1 Å². The first kappa shape index (κ1) is 14.0. The smallest absolute Gasteiger partial charge is 0.256 e. The number of likely N-dealkylation sites (tertiary alicyclic amines) is 1. The zero-order valence-corrected chi connectivity index (χ0v) is 11.9. The molecular weight excluding hydrogens is 241 g/mol. The monoisotopic (exact) mass is 263 g/mol. The summed E-state index contributed by atoms with van der Waals surface area (Å²) in [6, 6.07) is 4.81. The largest absolute Gasteiger partial charge is 0.339 e. The lowest BCUT2D eigenvalue weighted by Crippen LogP contribution is -2.39. The van der Waals surface area contributed by atoms with Crippen molar-refractivity contribution in [3.63, 3.8) is 0 Å². The van der Waals surface area contributed by atoms with Crippen LogP contribution in [0.1, 0.15) is 42.6 Å². The maximum atomic E-state index is 13.8. The van der Waals surface area contributed by atoms with Gasteiger partial charge in [-0.2, -0.15) is 0 Å². The van der Waals surface area contributed by atoms with Gasteiger partial charge in [-0.15, -0.1) is 0 Å². The van der Waals surface area contributed by atoms with Crippen LogP contribution in [-0.2, 0) is 0 Å². The summed E-state index contributed by atoms with van der Waals surface area (Å²) in [5.74, 6) is 0.774. The van der Waals surface area contributed by atoms with Gasteiger partial charge in [0.1, 0.15) is 5.82 Å². The van der Waals surface area contributed by atoms with Crippen molar-refractivity contribution in [2.24, 2.45) is 11.8 Å². The van der Waals surface area contributed by atoms with E-state index in [1.165, 1.54) is 6.07 Å². The highest BCUT2D eigenvalue weighted by molar-refractivity contribution is 5.94. The first-order chi connectivity index (χ1) is 8.99. The molecule has 2 rings (SSSR count). The van der Waals surface area contributed by atoms with Gasteiger partial charge >= 0.3 is 0 Å². The molecule has 19 heavy (non-hydrogen) atoms. The number of hydrogen-bond acceptors (Lipinski definition) is 1. The van der Waals surface area contributed by atoms with E-state index in [9.17, 15) is 9.18 Å². The zero-order chi connectivity index (χ0) is 14.0. The molecule has 0 atom stereocenters. The molecule has 1 aromatic rings. The molecule has 0 unspecified atom stereocenters. The van der Waals surface area contributed by atoms with E-state index in [2.05, 4.69) is 13.8 Å². The zero-order valence-electron chi connectivity index (χ0n) is 11.9. The Bertz CT molecular complexity index is 462. The summed E-state index contributed by atoms with van der Waals surface area (Å²) in [6.45, 7) is 7.76. The van der Waals surface area contributed by atoms with Crippen LogP contribution < -0.4 is 0 Å². The number of benzene rings is 1. The predicted octanol–water partition coefficient (Wildman–Crippen LogP) is 3.64. The Hall–Kier alpha value is -1.38.